The zero-order valence-electron chi connectivity index (χ0n) is 8.56. The average Bonchev–Trinajstić information content (AvgIpc) is 2.33. The third-order valence-corrected chi connectivity index (χ3v) is 2.07. The third-order valence-electron chi connectivity index (χ3n) is 2.07. The number of para-hydroxylation sites is 1. The fourth-order valence-corrected chi connectivity index (χ4v) is 1.31. The zero-order valence-corrected chi connectivity index (χ0v) is 8.56. The highest BCUT2D eigenvalue weighted by Gasteiger charge is 2.06. The number of nitrogens with zero attached hydrogens (tertiary/aromatic N) is 1. The fraction of sp³-hybridized carbons (Fsp3) is 0.0833. The molecule has 1 aromatic heterocycles. The molecule has 0 saturated carbocycles. The van der Waals surface area contributed by atoms with Gasteiger partial charge in [0.15, 0.2) is 0 Å². The summed E-state index contributed by atoms with van der Waals surface area (Å²) in [6.45, 7) is 0.187. The molecule has 82 valence electrons. The van der Waals surface area contributed by atoms with Crippen molar-refractivity contribution in [1.82, 2.24) is 4.98 Å². The van der Waals surface area contributed by atoms with Gasteiger partial charge >= 0.3 is 0 Å². The highest BCUT2D eigenvalue weighted by molar-refractivity contribution is 5.32. The van der Waals surface area contributed by atoms with Gasteiger partial charge in [-0.25, -0.2) is 9.37 Å². The van der Waals surface area contributed by atoms with Crippen LogP contribution in [-0.2, 0) is 6.54 Å². The number of nitrogens with two attached hydrogens (primary N) is 1. The standard InChI is InChI=1S/C12H11FN2O/c13-10-6-9(7-14)12(15-8-10)16-11-4-2-1-3-5-11/h1-6,8H,7,14H2. The summed E-state index contributed by atoms with van der Waals surface area (Å²) < 4.78 is 18.4. The molecule has 1 aromatic carbocycles. The molecule has 0 unspecified atom stereocenters. The Balaban J connectivity index is 2.28. The lowest BCUT2D eigenvalue weighted by Crippen LogP contribution is -2.02. The molecule has 0 aliphatic carbocycles. The van der Waals surface area contributed by atoms with Gasteiger partial charge in [0.25, 0.3) is 0 Å². The minimum atomic E-state index is -0.416. The number of hydrogen-bond donors (Lipinski definition) is 1. The Labute approximate surface area is 92.7 Å². The van der Waals surface area contributed by atoms with E-state index in [2.05, 4.69) is 4.98 Å². The summed E-state index contributed by atoms with van der Waals surface area (Å²) in [4.78, 5) is 3.87. The van der Waals surface area contributed by atoms with Crippen LogP contribution in [0.25, 0.3) is 0 Å². The van der Waals surface area contributed by atoms with E-state index in [0.717, 1.165) is 6.20 Å². The number of aromatic nitrogens is 1. The monoisotopic (exact) mass is 218 g/mol. The molecule has 0 amide bonds. The smallest absolute Gasteiger partial charge is 0.223 e. The van der Waals surface area contributed by atoms with E-state index in [4.69, 9.17) is 10.5 Å². The lowest BCUT2D eigenvalue weighted by atomic mass is 10.2. The van der Waals surface area contributed by atoms with E-state index in [1.54, 1.807) is 12.1 Å². The van der Waals surface area contributed by atoms with Gasteiger partial charge in [0, 0.05) is 12.1 Å². The van der Waals surface area contributed by atoms with Crippen LogP contribution in [-0.4, -0.2) is 4.98 Å². The zero-order chi connectivity index (χ0) is 11.4. The van der Waals surface area contributed by atoms with Crippen LogP contribution < -0.4 is 10.5 Å². The van der Waals surface area contributed by atoms with E-state index in [1.165, 1.54) is 6.07 Å². The first-order valence-electron chi connectivity index (χ1n) is 4.87. The van der Waals surface area contributed by atoms with Gasteiger partial charge in [0.05, 0.1) is 6.20 Å². The first-order chi connectivity index (χ1) is 7.79. The third kappa shape index (κ3) is 2.35. The second-order valence-electron chi connectivity index (χ2n) is 3.24. The van der Waals surface area contributed by atoms with E-state index in [9.17, 15) is 4.39 Å². The molecule has 0 fully saturated rings. The molecule has 2 aromatic rings. The number of hydrogen-bond acceptors (Lipinski definition) is 3. The molecule has 16 heavy (non-hydrogen) atoms. The van der Waals surface area contributed by atoms with Gasteiger partial charge in [-0.2, -0.15) is 0 Å². The van der Waals surface area contributed by atoms with Crippen molar-refractivity contribution in [3.63, 3.8) is 0 Å². The van der Waals surface area contributed by atoms with Crippen molar-refractivity contribution in [2.75, 3.05) is 0 Å². The van der Waals surface area contributed by atoms with Crippen LogP contribution in [0.1, 0.15) is 5.56 Å². The molecule has 2 rings (SSSR count). The summed E-state index contributed by atoms with van der Waals surface area (Å²) in [5.74, 6) is 0.576. The van der Waals surface area contributed by atoms with Crippen molar-refractivity contribution in [1.29, 1.82) is 0 Å². The van der Waals surface area contributed by atoms with Crippen molar-refractivity contribution in [2.24, 2.45) is 5.73 Å². The van der Waals surface area contributed by atoms with Gasteiger partial charge in [-0.3, -0.25) is 0 Å². The lowest BCUT2D eigenvalue weighted by Gasteiger charge is -2.08. The molecular weight excluding hydrogens is 207 g/mol. The van der Waals surface area contributed by atoms with Crippen LogP contribution in [0.4, 0.5) is 4.39 Å². The highest BCUT2D eigenvalue weighted by Crippen LogP contribution is 2.22. The quantitative estimate of drug-likeness (QED) is 0.860. The largest absolute Gasteiger partial charge is 0.439 e. The molecule has 2 N–H and O–H groups in total. The summed E-state index contributed by atoms with van der Waals surface area (Å²) in [6, 6.07) is 10.5. The molecule has 1 heterocycles. The topological polar surface area (TPSA) is 48.1 Å². The van der Waals surface area contributed by atoms with E-state index < -0.39 is 5.82 Å². The minimum Gasteiger partial charge on any atom is -0.439 e. The summed E-state index contributed by atoms with van der Waals surface area (Å²) in [6.07, 6.45) is 1.11. The number of halogens is 1. The number of benzene rings is 1. The number of rotatable bonds is 3. The molecule has 0 aliphatic rings. The van der Waals surface area contributed by atoms with Gasteiger partial charge in [-0.05, 0) is 18.2 Å². The highest BCUT2D eigenvalue weighted by atomic mass is 19.1. The molecule has 0 bridgehead atoms. The molecule has 0 atom stereocenters. The first-order valence-corrected chi connectivity index (χ1v) is 4.87. The summed E-state index contributed by atoms with van der Waals surface area (Å²) in [7, 11) is 0. The van der Waals surface area contributed by atoms with E-state index in [0.29, 0.717) is 17.2 Å². The predicted octanol–water partition coefficient (Wildman–Crippen LogP) is 2.47. The number of pyridine rings is 1. The number of ether oxygens (including phenoxy) is 1. The van der Waals surface area contributed by atoms with Crippen molar-refractivity contribution in [3.05, 3.63) is 54.0 Å². The maximum absolute atomic E-state index is 12.9. The van der Waals surface area contributed by atoms with Crippen LogP contribution in [0, 0.1) is 5.82 Å². The van der Waals surface area contributed by atoms with Crippen LogP contribution in [0.3, 0.4) is 0 Å². The molecule has 0 radical (unpaired) electrons. The van der Waals surface area contributed by atoms with E-state index in [-0.39, 0.29) is 6.54 Å². The second kappa shape index (κ2) is 4.72. The Morgan fingerprint density at radius 3 is 2.69 bits per heavy atom. The normalized spacial score (nSPS) is 10.1. The molecule has 4 heteroatoms. The SMILES string of the molecule is NCc1cc(F)cnc1Oc1ccccc1. The molecule has 3 nitrogen and oxygen atoms in total. The van der Waals surface area contributed by atoms with Gasteiger partial charge in [0.1, 0.15) is 11.6 Å². The lowest BCUT2D eigenvalue weighted by molar-refractivity contribution is 0.452. The molecule has 0 spiro atoms. The Morgan fingerprint density at radius 2 is 2.00 bits per heavy atom. The van der Waals surface area contributed by atoms with E-state index >= 15 is 0 Å². The molecule has 0 aliphatic heterocycles. The van der Waals surface area contributed by atoms with Crippen molar-refractivity contribution >= 4 is 0 Å². The minimum absolute atomic E-state index is 0.187. The first kappa shape index (κ1) is 10.6. The van der Waals surface area contributed by atoms with Gasteiger partial charge in [-0.1, -0.05) is 18.2 Å². The Hall–Kier alpha value is -1.94. The summed E-state index contributed by atoms with van der Waals surface area (Å²) in [5, 5.41) is 0. The van der Waals surface area contributed by atoms with E-state index in [1.807, 2.05) is 18.2 Å². The Morgan fingerprint density at radius 1 is 1.25 bits per heavy atom. The van der Waals surface area contributed by atoms with Crippen LogP contribution in [0.15, 0.2) is 42.6 Å². The van der Waals surface area contributed by atoms with Gasteiger partial charge in [0.2, 0.25) is 5.88 Å². The maximum Gasteiger partial charge on any atom is 0.223 e. The van der Waals surface area contributed by atoms with Crippen molar-refractivity contribution in [3.8, 4) is 11.6 Å². The fourth-order valence-electron chi connectivity index (χ4n) is 1.31. The Bertz CT molecular complexity index is 474. The summed E-state index contributed by atoms with van der Waals surface area (Å²) in [5.41, 5.74) is 6.03. The molecular formula is C12H11FN2O. The Kier molecular flexibility index (Phi) is 3.12. The van der Waals surface area contributed by atoms with Crippen LogP contribution in [0.2, 0.25) is 0 Å². The van der Waals surface area contributed by atoms with Gasteiger partial charge < -0.3 is 10.5 Å². The second-order valence-corrected chi connectivity index (χ2v) is 3.24. The average molecular weight is 218 g/mol. The molecule has 0 saturated heterocycles. The van der Waals surface area contributed by atoms with Crippen LogP contribution in [0.5, 0.6) is 11.6 Å². The van der Waals surface area contributed by atoms with Gasteiger partial charge in [-0.15, -0.1) is 0 Å². The van der Waals surface area contributed by atoms with Crippen molar-refractivity contribution in [2.45, 2.75) is 6.54 Å². The maximum atomic E-state index is 12.9. The summed E-state index contributed by atoms with van der Waals surface area (Å²) >= 11 is 0. The predicted molar refractivity (Wildman–Crippen MR) is 58.6 cm³/mol. The van der Waals surface area contributed by atoms with Crippen molar-refractivity contribution < 1.29 is 9.13 Å². The van der Waals surface area contributed by atoms with Crippen LogP contribution >= 0.6 is 0 Å².